The molecular weight excluding hydrogens is 258 g/mol. The summed E-state index contributed by atoms with van der Waals surface area (Å²) in [6.07, 6.45) is 0.812. The van der Waals surface area contributed by atoms with Crippen LogP contribution in [-0.4, -0.2) is 39.7 Å². The van der Waals surface area contributed by atoms with Gasteiger partial charge < -0.3 is 9.26 Å². The molecule has 0 bridgehead atoms. The molecule has 2 atom stereocenters. The molecule has 1 saturated heterocycles. The fourth-order valence-electron chi connectivity index (χ4n) is 2.36. The lowest BCUT2D eigenvalue weighted by molar-refractivity contribution is -0.159. The Labute approximate surface area is 119 Å². The third-order valence-electron chi connectivity index (χ3n) is 3.41. The van der Waals surface area contributed by atoms with E-state index in [2.05, 4.69) is 15.0 Å². The van der Waals surface area contributed by atoms with Crippen molar-refractivity contribution in [1.29, 1.82) is 0 Å². The molecule has 1 aliphatic rings. The van der Waals surface area contributed by atoms with Crippen molar-refractivity contribution in [3.05, 3.63) is 11.7 Å². The van der Waals surface area contributed by atoms with Gasteiger partial charge in [0, 0.05) is 6.54 Å². The number of ether oxygens (including phenoxy) is 1. The van der Waals surface area contributed by atoms with E-state index in [0.29, 0.717) is 18.3 Å². The van der Waals surface area contributed by atoms with Gasteiger partial charge in [0.1, 0.15) is 5.60 Å². The summed E-state index contributed by atoms with van der Waals surface area (Å²) in [6.45, 7) is 11.0. The van der Waals surface area contributed by atoms with Gasteiger partial charge in [0.2, 0.25) is 5.89 Å². The first-order valence-corrected chi connectivity index (χ1v) is 7.03. The number of carbonyl (C=O) groups is 1. The van der Waals surface area contributed by atoms with Crippen LogP contribution in [0.5, 0.6) is 0 Å². The van der Waals surface area contributed by atoms with Gasteiger partial charge in [-0.1, -0.05) is 5.16 Å². The molecule has 0 saturated carbocycles. The Hall–Kier alpha value is -1.43. The molecule has 112 valence electrons. The van der Waals surface area contributed by atoms with Crippen molar-refractivity contribution in [2.75, 3.05) is 13.1 Å². The van der Waals surface area contributed by atoms with E-state index < -0.39 is 5.60 Å². The Morgan fingerprint density at radius 1 is 1.50 bits per heavy atom. The molecule has 0 N–H and O–H groups in total. The first-order chi connectivity index (χ1) is 9.26. The maximum absolute atomic E-state index is 12.1. The van der Waals surface area contributed by atoms with Crippen LogP contribution in [0.25, 0.3) is 0 Å². The van der Waals surface area contributed by atoms with Crippen LogP contribution < -0.4 is 0 Å². The molecule has 6 nitrogen and oxygen atoms in total. The van der Waals surface area contributed by atoms with Crippen molar-refractivity contribution >= 4 is 5.97 Å². The summed E-state index contributed by atoms with van der Waals surface area (Å²) in [6, 6.07) is 0.0311. The van der Waals surface area contributed by atoms with Gasteiger partial charge in [0.05, 0.1) is 12.0 Å². The lowest BCUT2D eigenvalue weighted by Gasteiger charge is -2.23. The van der Waals surface area contributed by atoms with Gasteiger partial charge in [-0.2, -0.15) is 4.98 Å². The molecule has 20 heavy (non-hydrogen) atoms. The summed E-state index contributed by atoms with van der Waals surface area (Å²) in [4.78, 5) is 18.5. The van der Waals surface area contributed by atoms with Crippen molar-refractivity contribution in [2.45, 2.75) is 52.7 Å². The quantitative estimate of drug-likeness (QED) is 0.790. The van der Waals surface area contributed by atoms with E-state index in [1.807, 2.05) is 27.7 Å². The SMILES string of the molecule is Cc1noc(C(C)N2CCC(C(=O)OC(C)(C)C)C2)n1. The maximum Gasteiger partial charge on any atom is 0.310 e. The minimum absolute atomic E-state index is 0.0311. The Morgan fingerprint density at radius 3 is 2.75 bits per heavy atom. The Kier molecular flexibility index (Phi) is 4.13. The second-order valence-electron chi connectivity index (χ2n) is 6.37. The molecular formula is C14H23N3O3. The highest BCUT2D eigenvalue weighted by molar-refractivity contribution is 5.73. The van der Waals surface area contributed by atoms with Gasteiger partial charge in [0.15, 0.2) is 5.82 Å². The van der Waals surface area contributed by atoms with Gasteiger partial charge in [-0.25, -0.2) is 0 Å². The van der Waals surface area contributed by atoms with Crippen LogP contribution >= 0.6 is 0 Å². The molecule has 1 aromatic heterocycles. The molecule has 2 heterocycles. The number of nitrogens with zero attached hydrogens (tertiary/aromatic N) is 3. The predicted molar refractivity (Wildman–Crippen MR) is 73.0 cm³/mol. The van der Waals surface area contributed by atoms with Crippen molar-refractivity contribution < 1.29 is 14.1 Å². The highest BCUT2D eigenvalue weighted by Gasteiger charge is 2.35. The lowest BCUT2D eigenvalue weighted by atomic mass is 10.1. The molecule has 0 spiro atoms. The van der Waals surface area contributed by atoms with Gasteiger partial charge in [0.25, 0.3) is 0 Å². The maximum atomic E-state index is 12.1. The summed E-state index contributed by atoms with van der Waals surface area (Å²) in [5.41, 5.74) is -0.431. The third kappa shape index (κ3) is 3.56. The third-order valence-corrected chi connectivity index (χ3v) is 3.41. The van der Waals surface area contributed by atoms with E-state index >= 15 is 0 Å². The van der Waals surface area contributed by atoms with Crippen LogP contribution in [0, 0.1) is 12.8 Å². The number of aromatic nitrogens is 2. The van der Waals surface area contributed by atoms with Crippen LogP contribution in [0.15, 0.2) is 4.52 Å². The molecule has 0 radical (unpaired) electrons. The minimum Gasteiger partial charge on any atom is -0.460 e. The van der Waals surface area contributed by atoms with Gasteiger partial charge in [-0.05, 0) is 47.6 Å². The number of hydrogen-bond donors (Lipinski definition) is 0. The second-order valence-corrected chi connectivity index (χ2v) is 6.37. The number of hydrogen-bond acceptors (Lipinski definition) is 6. The zero-order valence-corrected chi connectivity index (χ0v) is 12.8. The number of likely N-dealkylation sites (tertiary alicyclic amines) is 1. The lowest BCUT2D eigenvalue weighted by Crippen LogP contribution is -2.31. The van der Waals surface area contributed by atoms with Gasteiger partial charge >= 0.3 is 5.97 Å². The second kappa shape index (κ2) is 5.52. The molecule has 1 aromatic rings. The summed E-state index contributed by atoms with van der Waals surface area (Å²) in [5.74, 6) is 1.05. The summed E-state index contributed by atoms with van der Waals surface area (Å²) in [5, 5.41) is 3.81. The first-order valence-electron chi connectivity index (χ1n) is 7.03. The van der Waals surface area contributed by atoms with Crippen LogP contribution in [0.3, 0.4) is 0 Å². The van der Waals surface area contributed by atoms with E-state index in [1.54, 1.807) is 6.92 Å². The highest BCUT2D eigenvalue weighted by Crippen LogP contribution is 2.28. The van der Waals surface area contributed by atoms with Crippen LogP contribution in [-0.2, 0) is 9.53 Å². The van der Waals surface area contributed by atoms with Crippen LogP contribution in [0.1, 0.15) is 51.9 Å². The van der Waals surface area contributed by atoms with Crippen LogP contribution in [0.4, 0.5) is 0 Å². The molecule has 0 amide bonds. The standard InChI is InChI=1S/C14H23N3O3/c1-9(12-15-10(2)16-20-12)17-7-6-11(8-17)13(18)19-14(3,4)5/h9,11H,6-8H2,1-5H3. The monoisotopic (exact) mass is 281 g/mol. The zero-order chi connectivity index (χ0) is 14.9. The number of aryl methyl sites for hydroxylation is 1. The first kappa shape index (κ1) is 15.0. The highest BCUT2D eigenvalue weighted by atomic mass is 16.6. The van der Waals surface area contributed by atoms with Crippen LogP contribution in [0.2, 0.25) is 0 Å². The Morgan fingerprint density at radius 2 is 2.20 bits per heavy atom. The fourth-order valence-corrected chi connectivity index (χ4v) is 2.36. The number of rotatable bonds is 3. The normalized spacial score (nSPS) is 21.9. The van der Waals surface area contributed by atoms with E-state index in [0.717, 1.165) is 13.0 Å². The largest absolute Gasteiger partial charge is 0.460 e. The van der Waals surface area contributed by atoms with Crippen molar-refractivity contribution in [3.8, 4) is 0 Å². The van der Waals surface area contributed by atoms with E-state index in [9.17, 15) is 4.79 Å². The van der Waals surface area contributed by atoms with E-state index in [1.165, 1.54) is 0 Å². The average molecular weight is 281 g/mol. The van der Waals surface area contributed by atoms with E-state index in [-0.39, 0.29) is 17.9 Å². The molecule has 2 unspecified atom stereocenters. The summed E-state index contributed by atoms with van der Waals surface area (Å²) in [7, 11) is 0. The smallest absolute Gasteiger partial charge is 0.310 e. The molecule has 0 aromatic carbocycles. The number of carbonyl (C=O) groups excluding carboxylic acids is 1. The fraction of sp³-hybridized carbons (Fsp3) is 0.786. The zero-order valence-electron chi connectivity index (χ0n) is 12.8. The number of esters is 1. The van der Waals surface area contributed by atoms with Gasteiger partial charge in [-0.3, -0.25) is 9.69 Å². The molecule has 2 rings (SSSR count). The molecule has 1 fully saturated rings. The van der Waals surface area contributed by atoms with E-state index in [4.69, 9.17) is 9.26 Å². The van der Waals surface area contributed by atoms with Crippen molar-refractivity contribution in [1.82, 2.24) is 15.0 Å². The molecule has 0 aliphatic carbocycles. The Balaban J connectivity index is 1.93. The average Bonchev–Trinajstić information content (AvgIpc) is 2.94. The summed E-state index contributed by atoms with van der Waals surface area (Å²) >= 11 is 0. The van der Waals surface area contributed by atoms with Crippen molar-refractivity contribution in [2.24, 2.45) is 5.92 Å². The topological polar surface area (TPSA) is 68.5 Å². The Bertz CT molecular complexity index is 478. The molecule has 1 aliphatic heterocycles. The predicted octanol–water partition coefficient (Wildman–Crippen LogP) is 2.10. The van der Waals surface area contributed by atoms with Gasteiger partial charge in [-0.15, -0.1) is 0 Å². The van der Waals surface area contributed by atoms with Crippen molar-refractivity contribution in [3.63, 3.8) is 0 Å². The summed E-state index contributed by atoms with van der Waals surface area (Å²) < 4.78 is 10.6. The minimum atomic E-state index is -0.431. The molecule has 6 heteroatoms.